The molecule has 0 saturated heterocycles. The van der Waals surface area contributed by atoms with Gasteiger partial charge in [-0.05, 0) is 55.0 Å². The fourth-order valence-electron chi connectivity index (χ4n) is 2.79. The number of benzene rings is 2. The third kappa shape index (κ3) is 4.08. The number of nitrogens with one attached hydrogen (secondary N) is 2. The molecule has 0 fully saturated rings. The van der Waals surface area contributed by atoms with E-state index in [0.717, 1.165) is 17.3 Å². The highest BCUT2D eigenvalue weighted by atomic mass is 32.2. The fourth-order valence-corrected chi connectivity index (χ4v) is 3.50. The van der Waals surface area contributed by atoms with Crippen LogP contribution in [0.1, 0.15) is 5.56 Å². The van der Waals surface area contributed by atoms with Crippen LogP contribution in [0.4, 0.5) is 14.5 Å². The molecule has 152 valence electrons. The number of hydrogen-bond acceptors (Lipinski definition) is 5. The van der Waals surface area contributed by atoms with Crippen LogP contribution in [-0.4, -0.2) is 31.5 Å². The Morgan fingerprint density at radius 2 is 1.87 bits per heavy atom. The van der Waals surface area contributed by atoms with Crippen LogP contribution in [0.3, 0.4) is 0 Å². The minimum Gasteiger partial charge on any atom is -0.325 e. The Kier molecular flexibility index (Phi) is 5.32. The monoisotopic (exact) mass is 427 g/mol. The van der Waals surface area contributed by atoms with Gasteiger partial charge >= 0.3 is 0 Å². The van der Waals surface area contributed by atoms with Gasteiger partial charge in [-0.1, -0.05) is 17.8 Å². The first-order valence-corrected chi connectivity index (χ1v) is 9.82. The standard InChI is InChI=1S/C20H15F2N5O2S/c1-11-2-5-14(22)8-15(11)23-18(28)10-30-20-25-24-19(29)17-9-16(26-27(17)20)12-3-6-13(21)7-4-12/h2-9H,10H2,1H3,(H,23,28)(H,24,29). The first-order chi connectivity index (χ1) is 14.4. The van der Waals surface area contributed by atoms with Crippen molar-refractivity contribution in [1.82, 2.24) is 19.8 Å². The van der Waals surface area contributed by atoms with Gasteiger partial charge in [0, 0.05) is 11.3 Å². The molecule has 4 aromatic rings. The molecule has 2 aromatic carbocycles. The van der Waals surface area contributed by atoms with Crippen LogP contribution in [0, 0.1) is 18.6 Å². The number of anilines is 1. The van der Waals surface area contributed by atoms with E-state index in [9.17, 15) is 18.4 Å². The summed E-state index contributed by atoms with van der Waals surface area (Å²) in [5, 5.41) is 13.7. The minimum atomic E-state index is -0.447. The van der Waals surface area contributed by atoms with Gasteiger partial charge in [0.2, 0.25) is 11.1 Å². The van der Waals surface area contributed by atoms with E-state index in [1.807, 2.05) is 0 Å². The van der Waals surface area contributed by atoms with E-state index >= 15 is 0 Å². The second-order valence-electron chi connectivity index (χ2n) is 6.46. The van der Waals surface area contributed by atoms with E-state index in [1.165, 1.54) is 28.8 Å². The molecule has 0 aliphatic heterocycles. The molecule has 0 aliphatic carbocycles. The average molecular weight is 427 g/mol. The van der Waals surface area contributed by atoms with Crippen molar-refractivity contribution in [2.45, 2.75) is 12.1 Å². The van der Waals surface area contributed by atoms with E-state index in [4.69, 9.17) is 0 Å². The van der Waals surface area contributed by atoms with E-state index in [0.29, 0.717) is 22.1 Å². The number of aromatic amines is 1. The molecule has 30 heavy (non-hydrogen) atoms. The van der Waals surface area contributed by atoms with Crippen LogP contribution in [-0.2, 0) is 4.79 Å². The highest BCUT2D eigenvalue weighted by Gasteiger charge is 2.14. The molecule has 0 bridgehead atoms. The summed E-state index contributed by atoms with van der Waals surface area (Å²) in [6.07, 6.45) is 0. The highest BCUT2D eigenvalue weighted by Crippen LogP contribution is 2.22. The largest absolute Gasteiger partial charge is 0.325 e. The van der Waals surface area contributed by atoms with Crippen LogP contribution in [0.2, 0.25) is 0 Å². The van der Waals surface area contributed by atoms with Crippen LogP contribution < -0.4 is 10.9 Å². The second-order valence-corrected chi connectivity index (χ2v) is 7.41. The molecule has 4 rings (SSSR count). The Morgan fingerprint density at radius 3 is 2.63 bits per heavy atom. The number of carbonyl (C=O) groups excluding carboxylic acids is 1. The quantitative estimate of drug-likeness (QED) is 0.477. The van der Waals surface area contributed by atoms with Crippen molar-refractivity contribution in [1.29, 1.82) is 0 Å². The molecule has 7 nitrogen and oxygen atoms in total. The Morgan fingerprint density at radius 1 is 1.13 bits per heavy atom. The van der Waals surface area contributed by atoms with Crippen molar-refractivity contribution in [2.24, 2.45) is 0 Å². The normalized spacial score (nSPS) is 11.0. The molecule has 0 aliphatic rings. The molecule has 0 unspecified atom stereocenters. The van der Waals surface area contributed by atoms with Crippen LogP contribution in [0.25, 0.3) is 16.8 Å². The van der Waals surface area contributed by atoms with Crippen LogP contribution >= 0.6 is 11.8 Å². The summed E-state index contributed by atoms with van der Waals surface area (Å²) < 4.78 is 27.9. The molecule has 0 saturated carbocycles. The number of rotatable bonds is 5. The molecule has 10 heteroatoms. The summed E-state index contributed by atoms with van der Waals surface area (Å²) in [4.78, 5) is 24.4. The van der Waals surface area contributed by atoms with E-state index < -0.39 is 11.4 Å². The van der Waals surface area contributed by atoms with Gasteiger partial charge in [-0.25, -0.2) is 18.4 Å². The molecule has 0 radical (unpaired) electrons. The lowest BCUT2D eigenvalue weighted by Gasteiger charge is -2.08. The lowest BCUT2D eigenvalue weighted by atomic mass is 10.1. The Balaban J connectivity index is 1.56. The van der Waals surface area contributed by atoms with E-state index in [-0.39, 0.29) is 23.0 Å². The van der Waals surface area contributed by atoms with Crippen molar-refractivity contribution < 1.29 is 13.6 Å². The summed E-state index contributed by atoms with van der Waals surface area (Å²) in [6, 6.07) is 11.4. The number of aromatic nitrogens is 4. The summed E-state index contributed by atoms with van der Waals surface area (Å²) in [6.45, 7) is 1.76. The van der Waals surface area contributed by atoms with Gasteiger partial charge in [0.1, 0.15) is 17.2 Å². The maximum atomic E-state index is 13.4. The van der Waals surface area contributed by atoms with Gasteiger partial charge in [-0.15, -0.1) is 5.10 Å². The van der Waals surface area contributed by atoms with Crippen molar-refractivity contribution in [3.63, 3.8) is 0 Å². The maximum absolute atomic E-state index is 13.4. The lowest BCUT2D eigenvalue weighted by Crippen LogP contribution is -2.17. The topological polar surface area (TPSA) is 92.1 Å². The Labute approximate surface area is 173 Å². The highest BCUT2D eigenvalue weighted by molar-refractivity contribution is 7.99. The Hall–Kier alpha value is -3.53. The number of hydrogen-bond donors (Lipinski definition) is 2. The number of amides is 1. The molecule has 2 heterocycles. The van der Waals surface area contributed by atoms with Gasteiger partial charge in [0.25, 0.3) is 5.56 Å². The number of carbonyl (C=O) groups is 1. The third-order valence-corrected chi connectivity index (χ3v) is 5.25. The van der Waals surface area contributed by atoms with Gasteiger partial charge in [-0.2, -0.15) is 5.10 Å². The van der Waals surface area contributed by atoms with Gasteiger partial charge in [0.05, 0.1) is 11.4 Å². The molecule has 1 amide bonds. The lowest BCUT2D eigenvalue weighted by molar-refractivity contribution is -0.113. The SMILES string of the molecule is Cc1ccc(F)cc1NC(=O)CSc1n[nH]c(=O)c2cc(-c3ccc(F)cc3)nn12. The number of nitrogens with zero attached hydrogens (tertiary/aromatic N) is 3. The van der Waals surface area contributed by atoms with Crippen molar-refractivity contribution in [2.75, 3.05) is 11.1 Å². The number of H-pyrrole nitrogens is 1. The van der Waals surface area contributed by atoms with Crippen molar-refractivity contribution in [3.8, 4) is 11.3 Å². The van der Waals surface area contributed by atoms with Crippen molar-refractivity contribution in [3.05, 3.63) is 76.1 Å². The molecular formula is C20H15F2N5O2S. The van der Waals surface area contributed by atoms with Crippen molar-refractivity contribution >= 4 is 28.9 Å². The predicted molar refractivity (Wildman–Crippen MR) is 109 cm³/mol. The first kappa shape index (κ1) is 19.8. The van der Waals surface area contributed by atoms with Gasteiger partial charge in [0.15, 0.2) is 0 Å². The number of aryl methyl sites for hydroxylation is 1. The predicted octanol–water partition coefficient (Wildman–Crippen LogP) is 3.40. The number of halogens is 2. The molecule has 2 aromatic heterocycles. The first-order valence-electron chi connectivity index (χ1n) is 8.84. The molecule has 0 atom stereocenters. The third-order valence-electron chi connectivity index (χ3n) is 4.32. The average Bonchev–Trinajstić information content (AvgIpc) is 3.17. The maximum Gasteiger partial charge on any atom is 0.290 e. The zero-order chi connectivity index (χ0) is 21.3. The minimum absolute atomic E-state index is 0.0319. The zero-order valence-electron chi connectivity index (χ0n) is 15.6. The molecular weight excluding hydrogens is 412 g/mol. The molecule has 2 N–H and O–H groups in total. The fraction of sp³-hybridized carbons (Fsp3) is 0.100. The summed E-state index contributed by atoms with van der Waals surface area (Å²) >= 11 is 1.06. The Bertz CT molecular complexity index is 1300. The van der Waals surface area contributed by atoms with Crippen LogP contribution in [0.5, 0.6) is 0 Å². The van der Waals surface area contributed by atoms with Crippen LogP contribution in [0.15, 0.2) is 58.5 Å². The smallest absolute Gasteiger partial charge is 0.290 e. The second kappa shape index (κ2) is 8.07. The summed E-state index contributed by atoms with van der Waals surface area (Å²) in [5.41, 5.74) is 2.02. The number of fused-ring (bicyclic) bond motifs is 1. The molecule has 0 spiro atoms. The van der Waals surface area contributed by atoms with E-state index in [1.54, 1.807) is 31.2 Å². The van der Waals surface area contributed by atoms with Gasteiger partial charge in [-0.3, -0.25) is 9.59 Å². The van der Waals surface area contributed by atoms with E-state index in [2.05, 4.69) is 20.6 Å². The van der Waals surface area contributed by atoms with Gasteiger partial charge < -0.3 is 5.32 Å². The zero-order valence-corrected chi connectivity index (χ0v) is 16.5. The summed E-state index contributed by atoms with van der Waals surface area (Å²) in [5.74, 6) is -1.22. The number of thioether (sulfide) groups is 1. The summed E-state index contributed by atoms with van der Waals surface area (Å²) in [7, 11) is 0.